The van der Waals surface area contributed by atoms with Gasteiger partial charge >= 0.3 is 12.4 Å². The van der Waals surface area contributed by atoms with Crippen molar-refractivity contribution >= 4 is 23.3 Å². The summed E-state index contributed by atoms with van der Waals surface area (Å²) < 4.78 is 81.7. The van der Waals surface area contributed by atoms with Crippen molar-refractivity contribution in [2.75, 3.05) is 6.54 Å². The maximum absolute atomic E-state index is 13.8. The minimum Gasteiger partial charge on any atom is -0.322 e. The maximum Gasteiger partial charge on any atom is 0.416 e. The minimum absolute atomic E-state index is 0.00368. The highest BCUT2D eigenvalue weighted by Gasteiger charge is 2.40. The van der Waals surface area contributed by atoms with E-state index in [0.717, 1.165) is 4.68 Å². The van der Waals surface area contributed by atoms with Gasteiger partial charge in [0.25, 0.3) is 5.91 Å². The summed E-state index contributed by atoms with van der Waals surface area (Å²) >= 11 is 6.33. The molecule has 212 valence electrons. The van der Waals surface area contributed by atoms with E-state index in [1.165, 1.54) is 29.4 Å². The highest BCUT2D eigenvalue weighted by molar-refractivity contribution is 6.31. The molecule has 0 aliphatic carbocycles. The van der Waals surface area contributed by atoms with Crippen molar-refractivity contribution in [2.24, 2.45) is 0 Å². The van der Waals surface area contributed by atoms with Crippen LogP contribution in [0.5, 0.6) is 0 Å². The molecule has 1 saturated heterocycles. The van der Waals surface area contributed by atoms with Crippen molar-refractivity contribution in [1.82, 2.24) is 24.9 Å². The number of hydrogen-bond donors (Lipinski definition) is 0. The van der Waals surface area contributed by atoms with Crippen LogP contribution >= 0.6 is 11.6 Å². The quantitative estimate of drug-likeness (QED) is 0.256. The number of carbonyl (C=O) groups excluding carboxylic acids is 2. The summed E-state index contributed by atoms with van der Waals surface area (Å²) in [7, 11) is 0. The Bertz CT molecular complexity index is 1590. The summed E-state index contributed by atoms with van der Waals surface area (Å²) in [6, 6.07) is 10.2. The van der Waals surface area contributed by atoms with Crippen LogP contribution in [0.2, 0.25) is 5.02 Å². The van der Waals surface area contributed by atoms with E-state index in [0.29, 0.717) is 22.7 Å². The molecular formula is C27H18ClF6N5O2. The van der Waals surface area contributed by atoms with Crippen molar-refractivity contribution in [1.29, 1.82) is 0 Å². The van der Waals surface area contributed by atoms with E-state index in [1.54, 1.807) is 24.3 Å². The maximum atomic E-state index is 13.8. The number of rotatable bonds is 5. The van der Waals surface area contributed by atoms with Gasteiger partial charge in [-0.1, -0.05) is 35.0 Å². The lowest BCUT2D eigenvalue weighted by molar-refractivity contribution is -0.143. The molecule has 41 heavy (non-hydrogen) atoms. The minimum atomic E-state index is -5.04. The molecule has 2 aromatic heterocycles. The number of likely N-dealkylation sites (tertiary alicyclic amines) is 1. The summed E-state index contributed by atoms with van der Waals surface area (Å²) in [5, 5.41) is 8.21. The number of ketones is 1. The van der Waals surface area contributed by atoms with Crippen LogP contribution in [0.1, 0.15) is 45.2 Å². The number of benzene rings is 2. The van der Waals surface area contributed by atoms with E-state index in [1.807, 2.05) is 0 Å². The molecule has 4 aromatic rings. The van der Waals surface area contributed by atoms with Crippen molar-refractivity contribution in [3.05, 3.63) is 100.0 Å². The zero-order valence-electron chi connectivity index (χ0n) is 20.7. The van der Waals surface area contributed by atoms with Gasteiger partial charge in [0.15, 0.2) is 11.5 Å². The number of halogens is 7. The van der Waals surface area contributed by atoms with E-state index >= 15 is 0 Å². The van der Waals surface area contributed by atoms with Crippen LogP contribution in [0.4, 0.5) is 26.3 Å². The smallest absolute Gasteiger partial charge is 0.322 e. The molecule has 1 aliphatic heterocycles. The van der Waals surface area contributed by atoms with E-state index in [4.69, 9.17) is 11.6 Å². The Labute approximate surface area is 233 Å². The predicted molar refractivity (Wildman–Crippen MR) is 134 cm³/mol. The molecule has 0 saturated carbocycles. The Morgan fingerprint density at radius 3 is 2.27 bits per heavy atom. The van der Waals surface area contributed by atoms with Gasteiger partial charge in [0.05, 0.1) is 30.3 Å². The second-order valence-corrected chi connectivity index (χ2v) is 9.72. The highest BCUT2D eigenvalue weighted by Crippen LogP contribution is 2.38. The zero-order valence-corrected chi connectivity index (χ0v) is 21.5. The molecule has 3 heterocycles. The molecule has 5 rings (SSSR count). The molecule has 0 N–H and O–H groups in total. The topological polar surface area (TPSA) is 81.0 Å². The molecule has 1 aliphatic rings. The molecule has 1 unspecified atom stereocenters. The zero-order chi connectivity index (χ0) is 29.5. The molecule has 1 atom stereocenters. The number of hydrogen-bond acceptors (Lipinski definition) is 5. The Morgan fingerprint density at radius 1 is 0.976 bits per heavy atom. The fourth-order valence-corrected chi connectivity index (χ4v) is 4.96. The van der Waals surface area contributed by atoms with Gasteiger partial charge < -0.3 is 4.90 Å². The first-order chi connectivity index (χ1) is 19.3. The van der Waals surface area contributed by atoms with Gasteiger partial charge in [0, 0.05) is 29.4 Å². The Hall–Kier alpha value is -4.26. The Morgan fingerprint density at radius 2 is 1.66 bits per heavy atom. The summed E-state index contributed by atoms with van der Waals surface area (Å²) in [6.07, 6.45) is -7.30. The van der Waals surface area contributed by atoms with Gasteiger partial charge in [-0.25, -0.2) is 4.68 Å². The molecule has 14 heteroatoms. The van der Waals surface area contributed by atoms with Crippen LogP contribution in [-0.2, 0) is 23.7 Å². The number of carbonyl (C=O) groups is 2. The van der Waals surface area contributed by atoms with Gasteiger partial charge in [-0.2, -0.15) is 26.3 Å². The van der Waals surface area contributed by atoms with Crippen molar-refractivity contribution in [2.45, 2.75) is 31.4 Å². The standard InChI is InChI=1S/C27H18ClF6N5O2/c28-21-6-2-1-5-20(21)22-11-19(40)14-38(22)25(41)23-24(16-4-3-7-35-12-16)39(37-36-23)13-15-8-17(26(29,30)31)10-18(9-15)27(32,33)34/h1-10,12,22H,11,13-14H2. The molecule has 2 aromatic carbocycles. The second-order valence-electron chi connectivity index (χ2n) is 9.31. The lowest BCUT2D eigenvalue weighted by Crippen LogP contribution is -2.32. The van der Waals surface area contributed by atoms with Gasteiger partial charge in [-0.3, -0.25) is 14.6 Å². The first-order valence-electron chi connectivity index (χ1n) is 12.0. The molecule has 1 amide bonds. The Balaban J connectivity index is 1.59. The predicted octanol–water partition coefficient (Wildman–Crippen LogP) is 6.24. The third kappa shape index (κ3) is 5.80. The lowest BCUT2D eigenvalue weighted by atomic mass is 10.0. The number of amides is 1. The molecule has 0 bridgehead atoms. The summed E-state index contributed by atoms with van der Waals surface area (Å²) in [6.45, 7) is -0.832. The molecule has 7 nitrogen and oxygen atoms in total. The first kappa shape index (κ1) is 28.3. The van der Waals surface area contributed by atoms with Crippen LogP contribution < -0.4 is 0 Å². The van der Waals surface area contributed by atoms with Crippen LogP contribution in [0.25, 0.3) is 11.3 Å². The fraction of sp³-hybridized carbons (Fsp3) is 0.222. The summed E-state index contributed by atoms with van der Waals surface area (Å²) in [5.41, 5.74) is -2.78. The summed E-state index contributed by atoms with van der Waals surface area (Å²) in [4.78, 5) is 31.5. The lowest BCUT2D eigenvalue weighted by Gasteiger charge is -2.24. The van der Waals surface area contributed by atoms with Crippen molar-refractivity contribution in [3.63, 3.8) is 0 Å². The fourth-order valence-electron chi connectivity index (χ4n) is 4.70. The second kappa shape index (κ2) is 10.6. The third-order valence-corrected chi connectivity index (χ3v) is 6.87. The molecular weight excluding hydrogens is 576 g/mol. The summed E-state index contributed by atoms with van der Waals surface area (Å²) in [5.74, 6) is -0.951. The van der Waals surface area contributed by atoms with Gasteiger partial charge in [-0.15, -0.1) is 5.10 Å². The van der Waals surface area contributed by atoms with Crippen LogP contribution in [0.3, 0.4) is 0 Å². The highest BCUT2D eigenvalue weighted by atomic mass is 35.5. The van der Waals surface area contributed by atoms with Gasteiger partial charge in [0.2, 0.25) is 0 Å². The molecule has 0 radical (unpaired) electrons. The van der Waals surface area contributed by atoms with Gasteiger partial charge in [0.1, 0.15) is 5.69 Å². The van der Waals surface area contributed by atoms with E-state index in [-0.39, 0.29) is 47.3 Å². The van der Waals surface area contributed by atoms with Gasteiger partial charge in [-0.05, 0) is 47.5 Å². The van der Waals surface area contributed by atoms with E-state index < -0.39 is 42.0 Å². The van der Waals surface area contributed by atoms with Crippen LogP contribution in [0, 0.1) is 0 Å². The number of aromatic nitrogens is 4. The van der Waals surface area contributed by atoms with Crippen molar-refractivity contribution in [3.8, 4) is 11.3 Å². The average molecular weight is 594 g/mol. The third-order valence-electron chi connectivity index (χ3n) is 6.52. The SMILES string of the molecule is O=C1CC(c2ccccc2Cl)N(C(=O)c2nnn(Cc3cc(C(F)(F)F)cc(C(F)(F)F)c3)c2-c2cccnc2)C1. The molecule has 0 spiro atoms. The number of pyridine rings is 1. The number of alkyl halides is 6. The van der Waals surface area contributed by atoms with Crippen LogP contribution in [0.15, 0.2) is 67.0 Å². The normalized spacial score (nSPS) is 15.9. The Kier molecular flexibility index (Phi) is 7.32. The largest absolute Gasteiger partial charge is 0.416 e. The number of nitrogens with zero attached hydrogens (tertiary/aromatic N) is 5. The average Bonchev–Trinajstić information content (AvgIpc) is 3.51. The molecule has 1 fully saturated rings. The number of Topliss-reactive ketones (excluding diaryl/α,β-unsaturated/α-hetero) is 1. The van der Waals surface area contributed by atoms with Crippen LogP contribution in [-0.4, -0.2) is 43.1 Å². The van der Waals surface area contributed by atoms with E-state index in [9.17, 15) is 35.9 Å². The first-order valence-corrected chi connectivity index (χ1v) is 12.4. The van der Waals surface area contributed by atoms with Crippen molar-refractivity contribution < 1.29 is 35.9 Å². The monoisotopic (exact) mass is 593 g/mol. The van der Waals surface area contributed by atoms with E-state index in [2.05, 4.69) is 15.3 Å².